The van der Waals surface area contributed by atoms with Crippen molar-refractivity contribution in [3.8, 4) is 0 Å². The predicted octanol–water partition coefficient (Wildman–Crippen LogP) is 3.59. The van der Waals surface area contributed by atoms with Gasteiger partial charge in [-0.2, -0.15) is 0 Å². The lowest BCUT2D eigenvalue weighted by atomic mass is 9.79. The van der Waals surface area contributed by atoms with E-state index in [1.807, 2.05) is 0 Å². The van der Waals surface area contributed by atoms with Crippen LogP contribution in [0.2, 0.25) is 0 Å². The van der Waals surface area contributed by atoms with Crippen LogP contribution in [0.4, 0.5) is 0 Å². The number of carbonyl (C=O) groups is 1. The highest BCUT2D eigenvalue weighted by atomic mass is 35.5. The number of Topliss-reactive ketones (excluding diaryl/α,β-unsaturated/α-hetero) is 1. The average Bonchev–Trinajstić information content (AvgIpc) is 2.17. The van der Waals surface area contributed by atoms with Gasteiger partial charge in [0.2, 0.25) is 0 Å². The van der Waals surface area contributed by atoms with Gasteiger partial charge in [0.05, 0.1) is 15.4 Å². The number of alkyl halides is 1. The molecule has 2 aliphatic rings. The van der Waals surface area contributed by atoms with Crippen LogP contribution < -0.4 is 0 Å². The first kappa shape index (κ1) is 10.5. The molecule has 4 heteroatoms. The Morgan fingerprint density at radius 2 is 2.07 bits per heavy atom. The molecule has 0 heterocycles. The minimum Gasteiger partial charge on any atom is -0.295 e. The van der Waals surface area contributed by atoms with E-state index in [0.717, 1.165) is 18.4 Å². The van der Waals surface area contributed by atoms with E-state index >= 15 is 0 Å². The van der Waals surface area contributed by atoms with Crippen LogP contribution in [0.5, 0.6) is 0 Å². The van der Waals surface area contributed by atoms with Crippen molar-refractivity contribution in [1.82, 2.24) is 0 Å². The minimum absolute atomic E-state index is 0.0629. The average molecular weight is 252 g/mol. The normalized spacial score (nSPS) is 32.8. The summed E-state index contributed by atoms with van der Waals surface area (Å²) in [6, 6.07) is 0. The lowest BCUT2D eigenvalue weighted by Gasteiger charge is -2.31. The fourth-order valence-electron chi connectivity index (χ4n) is 1.99. The summed E-state index contributed by atoms with van der Waals surface area (Å²) in [4.78, 5) is 11.6. The van der Waals surface area contributed by atoms with Crippen LogP contribution in [-0.2, 0) is 4.79 Å². The molecule has 0 aromatic rings. The zero-order valence-electron chi connectivity index (χ0n) is 7.40. The highest BCUT2D eigenvalue weighted by Gasteiger charge is 2.36. The summed E-state index contributed by atoms with van der Waals surface area (Å²) < 4.78 is 0. The molecule has 2 atom stereocenters. The Labute approximate surface area is 97.7 Å². The molecule has 0 radical (unpaired) electrons. The maximum absolute atomic E-state index is 11.6. The zero-order chi connectivity index (χ0) is 10.3. The van der Waals surface area contributed by atoms with E-state index in [1.165, 1.54) is 0 Å². The van der Waals surface area contributed by atoms with Crippen LogP contribution in [0.15, 0.2) is 21.7 Å². The Bertz CT molecular complexity index is 343. The smallest absolute Gasteiger partial charge is 0.159 e. The van der Waals surface area contributed by atoms with Gasteiger partial charge in [-0.15, -0.1) is 11.6 Å². The molecule has 0 spiro atoms. The number of hydrogen-bond donors (Lipinski definition) is 0. The van der Waals surface area contributed by atoms with Gasteiger partial charge < -0.3 is 0 Å². The molecule has 0 N–H and O–H groups in total. The van der Waals surface area contributed by atoms with Gasteiger partial charge in [0.25, 0.3) is 0 Å². The molecule has 2 unspecified atom stereocenters. The Morgan fingerprint density at radius 1 is 1.36 bits per heavy atom. The Hall–Kier alpha value is 0.0200. The summed E-state index contributed by atoms with van der Waals surface area (Å²) in [5, 5.41) is 0.554. The lowest BCUT2D eigenvalue weighted by molar-refractivity contribution is -0.117. The number of hydrogen-bond acceptors (Lipinski definition) is 1. The van der Waals surface area contributed by atoms with Crippen molar-refractivity contribution in [2.75, 3.05) is 0 Å². The summed E-state index contributed by atoms with van der Waals surface area (Å²) >= 11 is 18.0. The fraction of sp³-hybridized carbons (Fsp3) is 0.500. The van der Waals surface area contributed by atoms with Gasteiger partial charge >= 0.3 is 0 Å². The monoisotopic (exact) mass is 250 g/mol. The second-order valence-corrected chi connectivity index (χ2v) is 4.90. The van der Waals surface area contributed by atoms with E-state index in [2.05, 4.69) is 0 Å². The van der Waals surface area contributed by atoms with Gasteiger partial charge in [0, 0.05) is 17.9 Å². The van der Waals surface area contributed by atoms with Gasteiger partial charge in [-0.05, 0) is 18.9 Å². The Balaban J connectivity index is 2.41. The molecule has 1 nitrogen and oxygen atoms in total. The first-order chi connectivity index (χ1) is 6.61. The molecule has 0 bridgehead atoms. The van der Waals surface area contributed by atoms with Gasteiger partial charge in [0.1, 0.15) is 0 Å². The third kappa shape index (κ3) is 1.62. The summed E-state index contributed by atoms with van der Waals surface area (Å²) in [6.45, 7) is 0. The number of carbonyl (C=O) groups excluding carboxylic acids is 1. The molecule has 14 heavy (non-hydrogen) atoms. The summed E-state index contributed by atoms with van der Waals surface area (Å²) in [7, 11) is 0. The van der Waals surface area contributed by atoms with Crippen molar-refractivity contribution in [3.05, 3.63) is 21.7 Å². The van der Waals surface area contributed by atoms with E-state index in [0.29, 0.717) is 16.5 Å². The second-order valence-electron chi connectivity index (χ2n) is 3.62. The van der Waals surface area contributed by atoms with Gasteiger partial charge in [-0.25, -0.2) is 0 Å². The maximum Gasteiger partial charge on any atom is 0.159 e. The molecular weight excluding hydrogens is 242 g/mol. The number of halogens is 3. The third-order valence-electron chi connectivity index (χ3n) is 2.75. The molecular formula is C10H9Cl3O. The first-order valence-electron chi connectivity index (χ1n) is 4.55. The van der Waals surface area contributed by atoms with Crippen LogP contribution in [0, 0.1) is 5.92 Å². The standard InChI is InChI=1S/C10H9Cl3O/c11-7-4-6-5(9(12)10(7)13)2-1-3-8(6)14/h4-5,9H,1-3H2. The molecule has 1 saturated carbocycles. The SMILES string of the molecule is O=C1CCCC2C1=CC(Cl)=C(Cl)C2Cl. The van der Waals surface area contributed by atoms with Gasteiger partial charge in [0.15, 0.2) is 5.78 Å². The fourth-order valence-corrected chi connectivity index (χ4v) is 2.87. The minimum atomic E-state index is -0.326. The van der Waals surface area contributed by atoms with Crippen molar-refractivity contribution >= 4 is 40.6 Å². The quantitative estimate of drug-likeness (QED) is 0.601. The molecule has 76 valence electrons. The number of fused-ring (bicyclic) bond motifs is 1. The van der Waals surface area contributed by atoms with Crippen molar-refractivity contribution in [2.45, 2.75) is 24.6 Å². The van der Waals surface area contributed by atoms with Gasteiger partial charge in [-0.3, -0.25) is 4.79 Å². The summed E-state index contributed by atoms with van der Waals surface area (Å²) in [6.07, 6.45) is 4.10. The topological polar surface area (TPSA) is 17.1 Å². The highest BCUT2D eigenvalue weighted by Crippen LogP contribution is 2.42. The first-order valence-corrected chi connectivity index (χ1v) is 5.74. The van der Waals surface area contributed by atoms with Crippen molar-refractivity contribution < 1.29 is 4.79 Å². The Morgan fingerprint density at radius 3 is 2.79 bits per heavy atom. The largest absolute Gasteiger partial charge is 0.295 e. The molecule has 2 rings (SSSR count). The molecule has 0 aliphatic heterocycles. The van der Waals surface area contributed by atoms with Crippen LogP contribution in [0.1, 0.15) is 19.3 Å². The molecule has 0 saturated heterocycles. The van der Waals surface area contributed by atoms with E-state index in [-0.39, 0.29) is 17.1 Å². The molecule has 0 aromatic heterocycles. The van der Waals surface area contributed by atoms with Crippen LogP contribution in [0.25, 0.3) is 0 Å². The molecule has 0 aromatic carbocycles. The van der Waals surface area contributed by atoms with E-state index in [9.17, 15) is 4.79 Å². The third-order valence-corrected chi connectivity index (χ3v) is 4.23. The highest BCUT2D eigenvalue weighted by molar-refractivity contribution is 6.45. The van der Waals surface area contributed by atoms with Crippen molar-refractivity contribution in [3.63, 3.8) is 0 Å². The molecule has 0 amide bonds. The lowest BCUT2D eigenvalue weighted by Crippen LogP contribution is -2.29. The Kier molecular flexibility index (Phi) is 2.92. The predicted molar refractivity (Wildman–Crippen MR) is 58.8 cm³/mol. The second kappa shape index (κ2) is 3.88. The summed E-state index contributed by atoms with van der Waals surface area (Å²) in [5.41, 5.74) is 0.755. The number of ketones is 1. The number of allylic oxidation sites excluding steroid dienone is 4. The molecule has 2 aliphatic carbocycles. The van der Waals surface area contributed by atoms with Crippen molar-refractivity contribution in [1.29, 1.82) is 0 Å². The van der Waals surface area contributed by atoms with E-state index < -0.39 is 0 Å². The van der Waals surface area contributed by atoms with E-state index in [4.69, 9.17) is 34.8 Å². The number of rotatable bonds is 0. The zero-order valence-corrected chi connectivity index (χ0v) is 9.66. The van der Waals surface area contributed by atoms with Crippen LogP contribution in [0.3, 0.4) is 0 Å². The maximum atomic E-state index is 11.6. The van der Waals surface area contributed by atoms with Crippen LogP contribution in [-0.4, -0.2) is 11.2 Å². The van der Waals surface area contributed by atoms with Crippen molar-refractivity contribution in [2.24, 2.45) is 5.92 Å². The summed E-state index contributed by atoms with van der Waals surface area (Å²) in [5.74, 6) is 0.224. The van der Waals surface area contributed by atoms with Crippen LogP contribution >= 0.6 is 34.8 Å². The molecule has 1 fully saturated rings. The van der Waals surface area contributed by atoms with E-state index in [1.54, 1.807) is 6.08 Å². The van der Waals surface area contributed by atoms with Gasteiger partial charge in [-0.1, -0.05) is 23.2 Å².